The molecule has 3 aromatic carbocycles. The van der Waals surface area contributed by atoms with Gasteiger partial charge in [0.15, 0.2) is 5.78 Å². The second-order valence-electron chi connectivity index (χ2n) is 10.3. The molecule has 0 aliphatic carbocycles. The van der Waals surface area contributed by atoms with Gasteiger partial charge in [0.1, 0.15) is 5.78 Å². The van der Waals surface area contributed by atoms with E-state index >= 15 is 0 Å². The Bertz CT molecular complexity index is 1180. The Morgan fingerprint density at radius 3 is 1.76 bits per heavy atom. The minimum atomic E-state index is -0.0519. The molecule has 0 amide bonds. The molecule has 0 bridgehead atoms. The molecule has 0 fully saturated rings. The van der Waals surface area contributed by atoms with Crippen LogP contribution in [0, 0.1) is 12.8 Å². The molecule has 2 N–H and O–H groups in total. The number of rotatable bonds is 11. The smallest absolute Gasteiger partial charge is 0.160 e. The molecule has 0 aliphatic heterocycles. The fraction of sp³-hybridized carbons (Fsp3) is 0.459. The minimum absolute atomic E-state index is 0.0463. The van der Waals surface area contributed by atoms with Crippen LogP contribution in [0.1, 0.15) is 107 Å². The molecule has 0 aromatic heterocycles. The number of aryl methyl sites for hydroxylation is 1. The van der Waals surface area contributed by atoms with Crippen LogP contribution >= 0.6 is 11.8 Å². The van der Waals surface area contributed by atoms with Crippen molar-refractivity contribution in [2.75, 3.05) is 13.2 Å². The number of aliphatic hydroxyl groups is 2. The van der Waals surface area contributed by atoms with Crippen molar-refractivity contribution in [2.45, 2.75) is 92.7 Å². The molecule has 0 aliphatic rings. The van der Waals surface area contributed by atoms with E-state index in [1.165, 1.54) is 29.6 Å². The zero-order valence-corrected chi connectivity index (χ0v) is 28.0. The van der Waals surface area contributed by atoms with E-state index in [2.05, 4.69) is 45.9 Å². The Morgan fingerprint density at radius 2 is 1.36 bits per heavy atom. The summed E-state index contributed by atoms with van der Waals surface area (Å²) in [5, 5.41) is 18.6. The van der Waals surface area contributed by atoms with Gasteiger partial charge in [-0.3, -0.25) is 9.59 Å². The van der Waals surface area contributed by atoms with Crippen LogP contribution in [0.5, 0.6) is 0 Å². The van der Waals surface area contributed by atoms with Crippen LogP contribution in [0.2, 0.25) is 0 Å². The van der Waals surface area contributed by atoms with Gasteiger partial charge in [-0.25, -0.2) is 0 Å². The highest BCUT2D eigenvalue weighted by atomic mass is 32.2. The lowest BCUT2D eigenvalue weighted by molar-refractivity contribution is -0.118. The van der Waals surface area contributed by atoms with Crippen LogP contribution in [0.15, 0.2) is 77.7 Å². The zero-order valence-electron chi connectivity index (χ0n) is 27.2. The molecule has 1 atom stereocenters. The van der Waals surface area contributed by atoms with Crippen LogP contribution in [0.3, 0.4) is 0 Å². The second kappa shape index (κ2) is 23.8. The normalized spacial score (nSPS) is 11.4. The number of aliphatic hydroxyl groups excluding tert-OH is 2. The topological polar surface area (TPSA) is 74.6 Å². The summed E-state index contributed by atoms with van der Waals surface area (Å²) in [5.41, 5.74) is 2.98. The number of allylic oxidation sites excluding steroid dienone is 2. The number of carbonyl (C=O) groups is 2. The summed E-state index contributed by atoms with van der Waals surface area (Å²) in [6, 6.07) is 22.1. The highest BCUT2D eigenvalue weighted by Gasteiger charge is 2.19. The van der Waals surface area contributed by atoms with Crippen molar-refractivity contribution in [3.8, 4) is 0 Å². The summed E-state index contributed by atoms with van der Waals surface area (Å²) in [6.45, 7) is 16.1. The van der Waals surface area contributed by atoms with Crippen molar-refractivity contribution in [1.82, 2.24) is 0 Å². The fourth-order valence-corrected chi connectivity index (χ4v) is 5.03. The van der Waals surface area contributed by atoms with Gasteiger partial charge in [-0.1, -0.05) is 121 Å². The number of Topliss-reactive ketones (excluding diaryl/α,β-unsaturated/α-hetero) is 2. The molecule has 5 heteroatoms. The molecule has 1 unspecified atom stereocenters. The number of fused-ring (bicyclic) bond motifs is 1. The first-order valence-electron chi connectivity index (χ1n) is 15.2. The monoisotopic (exact) mass is 594 g/mol. The van der Waals surface area contributed by atoms with E-state index in [1.54, 1.807) is 25.6 Å². The average molecular weight is 595 g/mol. The Balaban J connectivity index is 0.000000600. The molecular weight excluding hydrogens is 540 g/mol. The quantitative estimate of drug-likeness (QED) is 0.216. The first kappa shape index (κ1) is 39.3. The fourth-order valence-electron chi connectivity index (χ4n) is 3.80. The first-order valence-corrected chi connectivity index (χ1v) is 16.1. The highest BCUT2D eigenvalue weighted by molar-refractivity contribution is 8.03. The maximum atomic E-state index is 12.0. The van der Waals surface area contributed by atoms with E-state index in [-0.39, 0.29) is 30.2 Å². The van der Waals surface area contributed by atoms with Gasteiger partial charge in [-0.05, 0) is 60.1 Å². The van der Waals surface area contributed by atoms with Crippen LogP contribution in [0.4, 0.5) is 0 Å². The van der Waals surface area contributed by atoms with E-state index < -0.39 is 0 Å². The van der Waals surface area contributed by atoms with Gasteiger partial charge in [-0.15, -0.1) is 11.8 Å². The van der Waals surface area contributed by atoms with E-state index in [0.717, 1.165) is 28.5 Å². The molecule has 0 saturated carbocycles. The number of ketones is 2. The number of hydrogen-bond acceptors (Lipinski definition) is 5. The molecule has 4 nitrogen and oxygen atoms in total. The van der Waals surface area contributed by atoms with E-state index in [0.29, 0.717) is 12.2 Å². The van der Waals surface area contributed by atoms with Gasteiger partial charge in [0, 0.05) is 31.1 Å². The molecule has 42 heavy (non-hydrogen) atoms. The molecule has 232 valence electrons. The zero-order chi connectivity index (χ0) is 31.9. The van der Waals surface area contributed by atoms with Crippen LogP contribution in [-0.4, -0.2) is 35.0 Å². The highest BCUT2D eigenvalue weighted by Crippen LogP contribution is 2.36. The number of unbranched alkanes of at least 4 members (excludes halogenated alkanes) is 2. The van der Waals surface area contributed by atoms with Gasteiger partial charge < -0.3 is 10.2 Å². The lowest BCUT2D eigenvalue weighted by Crippen LogP contribution is -2.07. The van der Waals surface area contributed by atoms with E-state index in [9.17, 15) is 9.59 Å². The summed E-state index contributed by atoms with van der Waals surface area (Å²) in [7, 11) is 0. The van der Waals surface area contributed by atoms with Crippen molar-refractivity contribution in [3.05, 3.63) is 94.4 Å². The van der Waals surface area contributed by atoms with Gasteiger partial charge in [0.25, 0.3) is 0 Å². The number of carbonyl (C=O) groups excluding carboxylic acids is 2. The molecule has 0 heterocycles. The van der Waals surface area contributed by atoms with Gasteiger partial charge in [0.05, 0.1) is 5.25 Å². The Labute approximate surface area is 259 Å². The van der Waals surface area contributed by atoms with Gasteiger partial charge >= 0.3 is 0 Å². The third kappa shape index (κ3) is 16.1. The molecule has 3 aromatic rings. The Hall–Kier alpha value is -2.73. The van der Waals surface area contributed by atoms with E-state index in [1.807, 2.05) is 68.4 Å². The summed E-state index contributed by atoms with van der Waals surface area (Å²) >= 11 is 1.67. The third-order valence-electron chi connectivity index (χ3n) is 6.34. The minimum Gasteiger partial charge on any atom is -0.396 e. The maximum absolute atomic E-state index is 12.0. The summed E-state index contributed by atoms with van der Waals surface area (Å²) in [4.78, 5) is 24.5. The molecule has 3 rings (SSSR count). The van der Waals surface area contributed by atoms with Crippen LogP contribution in [-0.2, 0) is 4.79 Å². The van der Waals surface area contributed by atoms with Crippen molar-refractivity contribution in [2.24, 2.45) is 5.92 Å². The molecule has 0 radical (unpaired) electrons. The Morgan fingerprint density at radius 1 is 0.833 bits per heavy atom. The molecule has 0 saturated heterocycles. The predicted octanol–water partition coefficient (Wildman–Crippen LogP) is 9.91. The summed E-state index contributed by atoms with van der Waals surface area (Å²) in [5.74, 6) is 0.475. The lowest BCUT2D eigenvalue weighted by Gasteiger charge is -2.15. The van der Waals surface area contributed by atoms with Crippen LogP contribution < -0.4 is 0 Å². The number of thioether (sulfide) groups is 1. The van der Waals surface area contributed by atoms with Crippen molar-refractivity contribution in [1.29, 1.82) is 0 Å². The van der Waals surface area contributed by atoms with Crippen LogP contribution in [0.25, 0.3) is 10.8 Å². The third-order valence-corrected chi connectivity index (χ3v) is 7.65. The number of hydrogen-bond donors (Lipinski definition) is 2. The SMILES string of the molecule is CC(=O)c1cc2ccccc2cc1C.CC(CO)CO.CC/C=C(\C)SC(C(=O)CC)c1ccccc1.CCCCC. The van der Waals surface area contributed by atoms with Crippen molar-refractivity contribution < 1.29 is 19.8 Å². The standard InChI is InChI=1S/C15H20OS.C13H12O.C5H12.C4H10O2/c1-4-9-12(3)17-15(14(16)5-2)13-10-7-6-8-11-13;1-9-7-11-5-3-4-6-12(11)8-13(9)10(2)14;1-3-5-4-2;1-4(2-5)3-6/h6-11,15H,4-5H2,1-3H3;3-8H,1-2H3;3-5H2,1-2H3;4-6H,2-3H2,1H3/b12-9+;;;. The van der Waals surface area contributed by atoms with Gasteiger partial charge in [-0.2, -0.15) is 0 Å². The first-order chi connectivity index (χ1) is 20.1. The Kier molecular flexibility index (Phi) is 22.2. The summed E-state index contributed by atoms with van der Waals surface area (Å²) < 4.78 is 0. The molecular formula is C37H54O4S. The number of benzene rings is 3. The van der Waals surface area contributed by atoms with Crippen molar-refractivity contribution >= 4 is 34.1 Å². The van der Waals surface area contributed by atoms with Crippen molar-refractivity contribution in [3.63, 3.8) is 0 Å². The predicted molar refractivity (Wildman–Crippen MR) is 183 cm³/mol. The average Bonchev–Trinajstić information content (AvgIpc) is 3.00. The summed E-state index contributed by atoms with van der Waals surface area (Å²) in [6.07, 6.45) is 7.85. The molecule has 0 spiro atoms. The van der Waals surface area contributed by atoms with Gasteiger partial charge in [0.2, 0.25) is 0 Å². The van der Waals surface area contributed by atoms with E-state index in [4.69, 9.17) is 10.2 Å². The maximum Gasteiger partial charge on any atom is 0.160 e. The lowest BCUT2D eigenvalue weighted by atomic mass is 10.00. The largest absolute Gasteiger partial charge is 0.396 e. The second-order valence-corrected chi connectivity index (χ2v) is 11.7.